The number of amides is 1. The molecule has 0 saturated heterocycles. The van der Waals surface area contributed by atoms with Crippen LogP contribution in [0.25, 0.3) is 0 Å². The maximum absolute atomic E-state index is 12.1. The molecule has 0 aliphatic heterocycles. The number of rotatable bonds is 3. The van der Waals surface area contributed by atoms with Crippen molar-refractivity contribution in [2.75, 3.05) is 18.2 Å². The van der Waals surface area contributed by atoms with Crippen LogP contribution in [0.1, 0.15) is 10.4 Å². The topological polar surface area (TPSA) is 64.3 Å². The third kappa shape index (κ3) is 3.15. The smallest absolute Gasteiger partial charge is 0.257 e. The maximum Gasteiger partial charge on any atom is 0.257 e. The summed E-state index contributed by atoms with van der Waals surface area (Å²) in [6.07, 6.45) is 0. The van der Waals surface area contributed by atoms with Gasteiger partial charge in [0, 0.05) is 16.8 Å². The van der Waals surface area contributed by atoms with Gasteiger partial charge in [-0.05, 0) is 30.3 Å². The van der Waals surface area contributed by atoms with Gasteiger partial charge in [-0.2, -0.15) is 0 Å². The van der Waals surface area contributed by atoms with E-state index >= 15 is 0 Å². The van der Waals surface area contributed by atoms with Crippen LogP contribution < -0.4 is 15.8 Å². The van der Waals surface area contributed by atoms with Gasteiger partial charge >= 0.3 is 0 Å². The number of anilines is 2. The van der Waals surface area contributed by atoms with Gasteiger partial charge in [0.1, 0.15) is 5.75 Å². The molecule has 0 spiro atoms. The van der Waals surface area contributed by atoms with Gasteiger partial charge in [-0.25, -0.2) is 0 Å². The van der Waals surface area contributed by atoms with E-state index in [2.05, 4.69) is 5.32 Å². The lowest BCUT2D eigenvalue weighted by atomic mass is 10.1. The number of hydrogen-bond acceptors (Lipinski definition) is 3. The monoisotopic (exact) mass is 310 g/mol. The minimum Gasteiger partial charge on any atom is -0.497 e. The average Bonchev–Trinajstić information content (AvgIpc) is 2.41. The number of carbonyl (C=O) groups is 1. The van der Waals surface area contributed by atoms with E-state index in [1.165, 1.54) is 7.11 Å². The summed E-state index contributed by atoms with van der Waals surface area (Å²) in [7, 11) is 1.53. The van der Waals surface area contributed by atoms with E-state index in [0.29, 0.717) is 32.7 Å². The molecule has 2 aromatic carbocycles. The fourth-order valence-electron chi connectivity index (χ4n) is 1.66. The summed E-state index contributed by atoms with van der Waals surface area (Å²) in [6, 6.07) is 9.65. The molecule has 2 rings (SSSR count). The summed E-state index contributed by atoms with van der Waals surface area (Å²) in [6.45, 7) is 0. The fraction of sp³-hybridized carbons (Fsp3) is 0.0714. The highest BCUT2D eigenvalue weighted by molar-refractivity contribution is 6.36. The molecule has 0 aliphatic rings. The van der Waals surface area contributed by atoms with E-state index in [0.717, 1.165) is 0 Å². The van der Waals surface area contributed by atoms with Crippen molar-refractivity contribution in [3.05, 3.63) is 52.0 Å². The van der Waals surface area contributed by atoms with Crippen LogP contribution in [0.3, 0.4) is 0 Å². The normalized spacial score (nSPS) is 10.2. The quantitative estimate of drug-likeness (QED) is 0.847. The van der Waals surface area contributed by atoms with Crippen molar-refractivity contribution in [1.82, 2.24) is 0 Å². The highest BCUT2D eigenvalue weighted by atomic mass is 35.5. The Hall–Kier alpha value is -1.91. The van der Waals surface area contributed by atoms with Crippen LogP contribution in [-0.4, -0.2) is 13.0 Å². The predicted octanol–water partition coefficient (Wildman–Crippen LogP) is 3.84. The zero-order valence-corrected chi connectivity index (χ0v) is 12.1. The number of methoxy groups -OCH3 is 1. The molecule has 0 fully saturated rings. The zero-order chi connectivity index (χ0) is 14.7. The number of carbonyl (C=O) groups excluding carboxylic acids is 1. The van der Waals surface area contributed by atoms with E-state index in [-0.39, 0.29) is 5.91 Å². The first kappa shape index (κ1) is 14.5. The highest BCUT2D eigenvalue weighted by Crippen LogP contribution is 2.27. The lowest BCUT2D eigenvalue weighted by Gasteiger charge is -2.10. The van der Waals surface area contributed by atoms with Gasteiger partial charge in [-0.15, -0.1) is 0 Å². The van der Waals surface area contributed by atoms with Gasteiger partial charge in [0.15, 0.2) is 0 Å². The Morgan fingerprint density at radius 3 is 2.55 bits per heavy atom. The predicted molar refractivity (Wildman–Crippen MR) is 81.8 cm³/mol. The van der Waals surface area contributed by atoms with Crippen LogP contribution in [0.15, 0.2) is 36.4 Å². The largest absolute Gasteiger partial charge is 0.497 e. The Morgan fingerprint density at radius 2 is 1.95 bits per heavy atom. The van der Waals surface area contributed by atoms with E-state index in [4.69, 9.17) is 33.7 Å². The highest BCUT2D eigenvalue weighted by Gasteiger charge is 2.12. The first-order chi connectivity index (χ1) is 9.51. The number of hydrogen-bond donors (Lipinski definition) is 2. The molecular weight excluding hydrogens is 299 g/mol. The number of halogens is 2. The molecule has 0 atom stereocenters. The number of benzene rings is 2. The fourth-order valence-corrected chi connectivity index (χ4v) is 2.11. The standard InChI is InChI=1S/C14H12Cl2N2O2/c1-20-9-3-4-10(12(17)7-9)14(19)18-13-5-2-8(15)6-11(13)16/h2-7H,17H2,1H3,(H,18,19). The SMILES string of the molecule is COc1ccc(C(=O)Nc2ccc(Cl)cc2Cl)c(N)c1. The second-order valence-electron chi connectivity index (χ2n) is 4.03. The number of nitrogens with one attached hydrogen (secondary N) is 1. The van der Waals surface area contributed by atoms with Gasteiger partial charge in [0.2, 0.25) is 0 Å². The van der Waals surface area contributed by atoms with E-state index in [9.17, 15) is 4.79 Å². The molecule has 0 saturated carbocycles. The molecule has 0 aliphatic carbocycles. The van der Waals surface area contributed by atoms with Gasteiger partial charge in [-0.3, -0.25) is 4.79 Å². The van der Waals surface area contributed by atoms with Crippen molar-refractivity contribution in [1.29, 1.82) is 0 Å². The van der Waals surface area contributed by atoms with Gasteiger partial charge < -0.3 is 15.8 Å². The van der Waals surface area contributed by atoms with Crippen LogP contribution in [0.4, 0.5) is 11.4 Å². The molecule has 4 nitrogen and oxygen atoms in total. The number of nitrogens with two attached hydrogens (primary N) is 1. The van der Waals surface area contributed by atoms with Crippen molar-refractivity contribution in [2.24, 2.45) is 0 Å². The number of nitrogen functional groups attached to an aromatic ring is 1. The molecule has 0 heterocycles. The molecule has 3 N–H and O–H groups in total. The van der Waals surface area contributed by atoms with Crippen molar-refractivity contribution >= 4 is 40.5 Å². The van der Waals surface area contributed by atoms with Gasteiger partial charge in [0.25, 0.3) is 5.91 Å². The minimum atomic E-state index is -0.352. The Bertz CT molecular complexity index is 660. The van der Waals surface area contributed by atoms with Crippen molar-refractivity contribution < 1.29 is 9.53 Å². The van der Waals surface area contributed by atoms with Crippen LogP contribution >= 0.6 is 23.2 Å². The van der Waals surface area contributed by atoms with Gasteiger partial charge in [-0.1, -0.05) is 23.2 Å². The second-order valence-corrected chi connectivity index (χ2v) is 4.88. The summed E-state index contributed by atoms with van der Waals surface area (Å²) in [5.41, 5.74) is 6.96. The third-order valence-electron chi connectivity index (χ3n) is 2.68. The summed E-state index contributed by atoms with van der Waals surface area (Å²) in [4.78, 5) is 12.1. The Kier molecular flexibility index (Phi) is 4.37. The van der Waals surface area contributed by atoms with E-state index in [1.54, 1.807) is 36.4 Å². The Balaban J connectivity index is 2.24. The van der Waals surface area contributed by atoms with E-state index < -0.39 is 0 Å². The lowest BCUT2D eigenvalue weighted by molar-refractivity contribution is 0.102. The zero-order valence-electron chi connectivity index (χ0n) is 10.6. The summed E-state index contributed by atoms with van der Waals surface area (Å²) < 4.78 is 5.03. The molecule has 104 valence electrons. The molecule has 0 bridgehead atoms. The lowest BCUT2D eigenvalue weighted by Crippen LogP contribution is -2.14. The first-order valence-electron chi connectivity index (χ1n) is 5.71. The average molecular weight is 311 g/mol. The van der Waals surface area contributed by atoms with E-state index in [1.807, 2.05) is 0 Å². The molecule has 2 aromatic rings. The summed E-state index contributed by atoms with van der Waals surface area (Å²) in [5, 5.41) is 3.54. The minimum absolute atomic E-state index is 0.326. The molecular formula is C14H12Cl2N2O2. The molecule has 20 heavy (non-hydrogen) atoms. The third-order valence-corrected chi connectivity index (χ3v) is 3.23. The van der Waals surface area contributed by atoms with Crippen LogP contribution in [0, 0.1) is 0 Å². The van der Waals surface area contributed by atoms with Crippen LogP contribution in [0.5, 0.6) is 5.75 Å². The molecule has 6 heteroatoms. The van der Waals surface area contributed by atoms with Crippen LogP contribution in [0.2, 0.25) is 10.0 Å². The first-order valence-corrected chi connectivity index (χ1v) is 6.47. The molecule has 0 unspecified atom stereocenters. The molecule has 0 radical (unpaired) electrons. The molecule has 0 aromatic heterocycles. The van der Waals surface area contributed by atoms with Crippen LogP contribution in [-0.2, 0) is 0 Å². The Labute approximate surface area is 126 Å². The second kappa shape index (κ2) is 6.03. The summed E-state index contributed by atoms with van der Waals surface area (Å²) >= 11 is 11.8. The maximum atomic E-state index is 12.1. The Morgan fingerprint density at radius 1 is 1.20 bits per heavy atom. The van der Waals surface area contributed by atoms with Gasteiger partial charge in [0.05, 0.1) is 23.4 Å². The van der Waals surface area contributed by atoms with Crippen molar-refractivity contribution in [2.45, 2.75) is 0 Å². The van der Waals surface area contributed by atoms with Crippen molar-refractivity contribution in [3.63, 3.8) is 0 Å². The summed E-state index contributed by atoms with van der Waals surface area (Å²) in [5.74, 6) is 0.234. The number of ether oxygens (including phenoxy) is 1. The van der Waals surface area contributed by atoms with Crippen molar-refractivity contribution in [3.8, 4) is 5.75 Å². The molecule has 1 amide bonds.